The first-order valence-electron chi connectivity index (χ1n) is 8.02. The first-order valence-corrected chi connectivity index (χ1v) is 8.02. The van der Waals surface area contributed by atoms with Gasteiger partial charge in [0.05, 0.1) is 5.69 Å². The fourth-order valence-electron chi connectivity index (χ4n) is 3.34. The Bertz CT molecular complexity index is 625. The number of pyridine rings is 1. The first-order chi connectivity index (χ1) is 10.7. The highest BCUT2D eigenvalue weighted by Crippen LogP contribution is 2.22. The molecule has 0 radical (unpaired) electrons. The molecule has 5 nitrogen and oxygen atoms in total. The summed E-state index contributed by atoms with van der Waals surface area (Å²) < 4.78 is 1.96. The van der Waals surface area contributed by atoms with Crippen molar-refractivity contribution in [3.05, 3.63) is 41.3 Å². The largest absolute Gasteiger partial charge is 0.319 e. The van der Waals surface area contributed by atoms with Gasteiger partial charge < -0.3 is 5.32 Å². The van der Waals surface area contributed by atoms with Crippen LogP contribution in [0.4, 0.5) is 0 Å². The van der Waals surface area contributed by atoms with Crippen LogP contribution in [0.5, 0.6) is 0 Å². The van der Waals surface area contributed by atoms with Crippen LogP contribution in [0.25, 0.3) is 5.82 Å². The lowest BCUT2D eigenvalue weighted by atomic mass is 10.1. The van der Waals surface area contributed by atoms with Crippen LogP contribution in [0.1, 0.15) is 23.4 Å². The molecule has 2 aromatic rings. The van der Waals surface area contributed by atoms with Gasteiger partial charge in [-0.3, -0.25) is 4.90 Å². The van der Waals surface area contributed by atoms with Crippen LogP contribution in [0.3, 0.4) is 0 Å². The van der Waals surface area contributed by atoms with E-state index in [0.29, 0.717) is 0 Å². The zero-order valence-electron chi connectivity index (χ0n) is 14.1. The molecule has 3 heterocycles. The minimum Gasteiger partial charge on any atom is -0.319 e. The van der Waals surface area contributed by atoms with Crippen molar-refractivity contribution in [3.63, 3.8) is 0 Å². The van der Waals surface area contributed by atoms with Gasteiger partial charge in [0.25, 0.3) is 0 Å². The highest BCUT2D eigenvalue weighted by Gasteiger charge is 2.24. The third kappa shape index (κ3) is 3.91. The number of aromatic nitrogens is 3. The average molecular weight is 336 g/mol. The second-order valence-corrected chi connectivity index (χ2v) is 6.20. The zero-order valence-corrected chi connectivity index (χ0v) is 14.9. The number of nitrogens with one attached hydrogen (secondary N) is 1. The second-order valence-electron chi connectivity index (χ2n) is 6.20. The van der Waals surface area contributed by atoms with Crippen LogP contribution in [-0.2, 0) is 6.54 Å². The summed E-state index contributed by atoms with van der Waals surface area (Å²) in [5.74, 6) is 1.67. The lowest BCUT2D eigenvalue weighted by Gasteiger charge is -2.16. The molecule has 1 saturated heterocycles. The monoisotopic (exact) mass is 335 g/mol. The van der Waals surface area contributed by atoms with E-state index >= 15 is 0 Å². The first kappa shape index (κ1) is 17.9. The van der Waals surface area contributed by atoms with Crippen LogP contribution in [0.2, 0.25) is 0 Å². The van der Waals surface area contributed by atoms with Gasteiger partial charge in [-0.15, -0.1) is 12.4 Å². The SMILES string of the molecule is CNCC1CCN(Cc2c(C)nn(-c3ccccn3)c2C)C1.Cl. The average Bonchev–Trinajstić information content (AvgIpc) is 3.08. The lowest BCUT2D eigenvalue weighted by Crippen LogP contribution is -2.24. The van der Waals surface area contributed by atoms with Gasteiger partial charge in [0.15, 0.2) is 5.82 Å². The summed E-state index contributed by atoms with van der Waals surface area (Å²) in [5.41, 5.74) is 3.66. The Kier molecular flexibility index (Phi) is 6.16. The lowest BCUT2D eigenvalue weighted by molar-refractivity contribution is 0.314. The molecule has 0 bridgehead atoms. The molecule has 1 fully saturated rings. The molecule has 23 heavy (non-hydrogen) atoms. The molecule has 1 N–H and O–H groups in total. The Hall–Kier alpha value is -1.43. The van der Waals surface area contributed by atoms with Crippen molar-refractivity contribution in [1.82, 2.24) is 25.0 Å². The molecule has 0 aromatic carbocycles. The third-order valence-corrected chi connectivity index (χ3v) is 4.55. The molecule has 0 spiro atoms. The molecule has 126 valence electrons. The van der Waals surface area contributed by atoms with Crippen LogP contribution in [0.15, 0.2) is 24.4 Å². The van der Waals surface area contributed by atoms with Gasteiger partial charge in [-0.2, -0.15) is 5.10 Å². The van der Waals surface area contributed by atoms with Crippen molar-refractivity contribution in [3.8, 4) is 5.82 Å². The van der Waals surface area contributed by atoms with Gasteiger partial charge in [0.1, 0.15) is 0 Å². The van der Waals surface area contributed by atoms with Crippen molar-refractivity contribution in [2.45, 2.75) is 26.8 Å². The number of nitrogens with zero attached hydrogens (tertiary/aromatic N) is 4. The maximum atomic E-state index is 4.69. The van der Waals surface area contributed by atoms with Gasteiger partial charge in [-0.05, 0) is 58.5 Å². The number of aryl methyl sites for hydroxylation is 1. The van der Waals surface area contributed by atoms with Gasteiger partial charge in [0, 0.05) is 30.5 Å². The van der Waals surface area contributed by atoms with Gasteiger partial charge in [-0.25, -0.2) is 9.67 Å². The van der Waals surface area contributed by atoms with E-state index in [4.69, 9.17) is 5.10 Å². The Morgan fingerprint density at radius 3 is 2.83 bits per heavy atom. The van der Waals surface area contributed by atoms with Crippen molar-refractivity contribution < 1.29 is 0 Å². The van der Waals surface area contributed by atoms with Crippen LogP contribution in [-0.4, -0.2) is 46.3 Å². The van der Waals surface area contributed by atoms with E-state index in [0.717, 1.165) is 30.5 Å². The summed E-state index contributed by atoms with van der Waals surface area (Å²) in [6, 6.07) is 5.94. The normalized spacial score (nSPS) is 18.1. The van der Waals surface area contributed by atoms with Crippen LogP contribution >= 0.6 is 12.4 Å². The molecule has 1 aliphatic heterocycles. The van der Waals surface area contributed by atoms with Crippen molar-refractivity contribution >= 4 is 12.4 Å². The maximum Gasteiger partial charge on any atom is 0.153 e. The third-order valence-electron chi connectivity index (χ3n) is 4.55. The molecule has 0 saturated carbocycles. The Labute approximate surface area is 144 Å². The van der Waals surface area contributed by atoms with Gasteiger partial charge >= 0.3 is 0 Å². The molecular weight excluding hydrogens is 310 g/mol. The minimum atomic E-state index is 0. The summed E-state index contributed by atoms with van der Waals surface area (Å²) in [4.78, 5) is 6.95. The summed E-state index contributed by atoms with van der Waals surface area (Å²) in [7, 11) is 2.04. The van der Waals surface area contributed by atoms with Gasteiger partial charge in [-0.1, -0.05) is 6.07 Å². The summed E-state index contributed by atoms with van der Waals surface area (Å²) in [6.07, 6.45) is 3.10. The van der Waals surface area contributed by atoms with E-state index in [1.54, 1.807) is 0 Å². The molecule has 2 aromatic heterocycles. The molecule has 3 rings (SSSR count). The summed E-state index contributed by atoms with van der Waals surface area (Å²) >= 11 is 0. The fourth-order valence-corrected chi connectivity index (χ4v) is 3.34. The number of hydrogen-bond acceptors (Lipinski definition) is 4. The number of rotatable bonds is 5. The highest BCUT2D eigenvalue weighted by molar-refractivity contribution is 5.85. The number of halogens is 1. The second kappa shape index (κ2) is 7.90. The highest BCUT2D eigenvalue weighted by atomic mass is 35.5. The van der Waals surface area contributed by atoms with Gasteiger partial charge in [0.2, 0.25) is 0 Å². The Morgan fingerprint density at radius 2 is 2.13 bits per heavy atom. The van der Waals surface area contributed by atoms with Crippen molar-refractivity contribution in [1.29, 1.82) is 0 Å². The molecule has 1 atom stereocenters. The molecular formula is C17H26ClN5. The predicted octanol–water partition coefficient (Wildman–Crippen LogP) is 2.35. The summed E-state index contributed by atoms with van der Waals surface area (Å²) in [5, 5.41) is 7.98. The number of hydrogen-bond donors (Lipinski definition) is 1. The predicted molar refractivity (Wildman–Crippen MR) is 95.4 cm³/mol. The van der Waals surface area contributed by atoms with E-state index in [-0.39, 0.29) is 12.4 Å². The molecule has 1 aliphatic rings. The fraction of sp³-hybridized carbons (Fsp3) is 0.529. The topological polar surface area (TPSA) is 46.0 Å². The quantitative estimate of drug-likeness (QED) is 0.911. The maximum absolute atomic E-state index is 4.69. The standard InChI is InChI=1S/C17H25N5.ClH/c1-13-16(12-21-9-7-15(11-21)10-18-3)14(2)22(20-13)17-6-4-5-8-19-17;/h4-6,8,15,18H,7,9-12H2,1-3H3;1H. The molecule has 1 unspecified atom stereocenters. The van der Waals surface area contributed by atoms with Crippen molar-refractivity contribution in [2.24, 2.45) is 5.92 Å². The summed E-state index contributed by atoms with van der Waals surface area (Å²) in [6.45, 7) is 8.70. The van der Waals surface area contributed by atoms with Crippen molar-refractivity contribution in [2.75, 3.05) is 26.7 Å². The minimum absolute atomic E-state index is 0. The smallest absolute Gasteiger partial charge is 0.153 e. The van der Waals surface area contributed by atoms with E-state index in [9.17, 15) is 0 Å². The van der Waals surface area contributed by atoms with Crippen LogP contribution in [0, 0.1) is 19.8 Å². The van der Waals surface area contributed by atoms with Crippen LogP contribution < -0.4 is 5.32 Å². The Morgan fingerprint density at radius 1 is 1.30 bits per heavy atom. The number of likely N-dealkylation sites (tertiary alicyclic amines) is 1. The molecule has 6 heteroatoms. The van der Waals surface area contributed by atoms with E-state index in [1.807, 2.05) is 36.1 Å². The Balaban J connectivity index is 0.00000192. The van der Waals surface area contributed by atoms with E-state index < -0.39 is 0 Å². The zero-order chi connectivity index (χ0) is 15.5. The molecule has 0 amide bonds. The van der Waals surface area contributed by atoms with E-state index in [1.165, 1.54) is 30.8 Å². The molecule has 0 aliphatic carbocycles. The van der Waals surface area contributed by atoms with E-state index in [2.05, 4.69) is 29.0 Å².